The molecule has 0 aromatic heterocycles. The predicted molar refractivity (Wildman–Crippen MR) is 34.6 cm³/mol. The molecule has 0 rings (SSSR count). The number of ketones is 1. The molecule has 9 heavy (non-hydrogen) atoms. The highest BCUT2D eigenvalue weighted by Gasteiger charge is 2.12. The van der Waals surface area contributed by atoms with Crippen molar-refractivity contribution in [1.29, 1.82) is 5.41 Å². The SMILES string of the molecule is COC(=N)C(C)C(C)=O. The minimum absolute atomic E-state index is 0.0301. The first-order valence-electron chi connectivity index (χ1n) is 2.72. The molecule has 1 N–H and O–H groups in total. The zero-order valence-corrected chi connectivity index (χ0v) is 5.89. The average molecular weight is 129 g/mol. The molecule has 3 heteroatoms. The molecule has 52 valence electrons. The number of hydrogen-bond acceptors (Lipinski definition) is 3. The molecule has 0 aromatic carbocycles. The Hall–Kier alpha value is -0.860. The van der Waals surface area contributed by atoms with Crippen LogP contribution < -0.4 is 0 Å². The maximum absolute atomic E-state index is 10.5. The first-order valence-corrected chi connectivity index (χ1v) is 2.72. The normalized spacial score (nSPS) is 12.3. The molecule has 0 radical (unpaired) electrons. The predicted octanol–water partition coefficient (Wildman–Crippen LogP) is 0.835. The molecule has 0 spiro atoms. The van der Waals surface area contributed by atoms with E-state index in [1.54, 1.807) is 6.92 Å². The highest BCUT2D eigenvalue weighted by molar-refractivity contribution is 5.98. The summed E-state index contributed by atoms with van der Waals surface area (Å²) in [6, 6.07) is 0. The molecular formula is C6H11NO2. The van der Waals surface area contributed by atoms with Crippen LogP contribution in [0.2, 0.25) is 0 Å². The van der Waals surface area contributed by atoms with Gasteiger partial charge in [-0.3, -0.25) is 10.2 Å². The maximum atomic E-state index is 10.5. The van der Waals surface area contributed by atoms with E-state index in [9.17, 15) is 4.79 Å². The largest absolute Gasteiger partial charge is 0.484 e. The molecule has 3 nitrogen and oxygen atoms in total. The van der Waals surface area contributed by atoms with Crippen LogP contribution >= 0.6 is 0 Å². The second kappa shape index (κ2) is 3.22. The smallest absolute Gasteiger partial charge is 0.190 e. The van der Waals surface area contributed by atoms with Crippen LogP contribution in [-0.2, 0) is 9.53 Å². The minimum atomic E-state index is -0.394. The molecule has 0 aliphatic carbocycles. The number of Topliss-reactive ketones (excluding diaryl/α,β-unsaturated/α-hetero) is 1. The molecule has 1 atom stereocenters. The van der Waals surface area contributed by atoms with Crippen LogP contribution in [0.25, 0.3) is 0 Å². The van der Waals surface area contributed by atoms with Crippen LogP contribution in [0.3, 0.4) is 0 Å². The van der Waals surface area contributed by atoms with Crippen molar-refractivity contribution in [3.8, 4) is 0 Å². The minimum Gasteiger partial charge on any atom is -0.484 e. The highest BCUT2D eigenvalue weighted by Crippen LogP contribution is 1.97. The fourth-order valence-corrected chi connectivity index (χ4v) is 0.361. The van der Waals surface area contributed by atoms with E-state index in [1.165, 1.54) is 14.0 Å². The van der Waals surface area contributed by atoms with Gasteiger partial charge in [-0.1, -0.05) is 0 Å². The average Bonchev–Trinajstić information content (AvgIpc) is 1.84. The standard InChI is InChI=1S/C6H11NO2/c1-4(5(2)8)6(7)9-3/h4,7H,1-3H3. The lowest BCUT2D eigenvalue weighted by molar-refractivity contribution is -0.118. The molecule has 1 unspecified atom stereocenters. The van der Waals surface area contributed by atoms with Gasteiger partial charge in [-0.2, -0.15) is 0 Å². The van der Waals surface area contributed by atoms with Gasteiger partial charge in [-0.25, -0.2) is 0 Å². The van der Waals surface area contributed by atoms with Gasteiger partial charge in [0.1, 0.15) is 5.78 Å². The van der Waals surface area contributed by atoms with Crippen LogP contribution in [-0.4, -0.2) is 18.8 Å². The third-order valence-corrected chi connectivity index (χ3v) is 1.22. The lowest BCUT2D eigenvalue weighted by Crippen LogP contribution is -2.18. The van der Waals surface area contributed by atoms with Gasteiger partial charge in [0.2, 0.25) is 0 Å². The topological polar surface area (TPSA) is 50.1 Å². The van der Waals surface area contributed by atoms with Crippen molar-refractivity contribution in [2.24, 2.45) is 5.92 Å². The first-order chi connectivity index (χ1) is 4.09. The number of carbonyl (C=O) groups excluding carboxylic acids is 1. The Morgan fingerprint density at radius 2 is 2.11 bits per heavy atom. The van der Waals surface area contributed by atoms with Crippen LogP contribution in [0.5, 0.6) is 0 Å². The fraction of sp³-hybridized carbons (Fsp3) is 0.667. The van der Waals surface area contributed by atoms with Crippen molar-refractivity contribution in [3.63, 3.8) is 0 Å². The number of hydrogen-bond donors (Lipinski definition) is 1. The van der Waals surface area contributed by atoms with Gasteiger partial charge in [-0.15, -0.1) is 0 Å². The molecule has 0 aliphatic rings. The number of carbonyl (C=O) groups is 1. The summed E-state index contributed by atoms with van der Waals surface area (Å²) < 4.78 is 4.54. The number of ether oxygens (including phenoxy) is 1. The Labute approximate surface area is 54.5 Å². The Kier molecular flexibility index (Phi) is 2.91. The van der Waals surface area contributed by atoms with E-state index in [2.05, 4.69) is 4.74 Å². The second-order valence-corrected chi connectivity index (χ2v) is 1.90. The quantitative estimate of drug-likeness (QED) is 0.443. The Bertz CT molecular complexity index is 131. The van der Waals surface area contributed by atoms with Crippen molar-refractivity contribution in [1.82, 2.24) is 0 Å². The van der Waals surface area contributed by atoms with Crippen LogP contribution in [0, 0.1) is 11.3 Å². The summed E-state index contributed by atoms with van der Waals surface area (Å²) >= 11 is 0. The summed E-state index contributed by atoms with van der Waals surface area (Å²) in [5.41, 5.74) is 0. The molecule has 0 saturated carbocycles. The van der Waals surface area contributed by atoms with E-state index < -0.39 is 5.92 Å². The Balaban J connectivity index is 3.88. The van der Waals surface area contributed by atoms with E-state index in [4.69, 9.17) is 5.41 Å². The zero-order valence-electron chi connectivity index (χ0n) is 5.89. The summed E-state index contributed by atoms with van der Waals surface area (Å²) in [5, 5.41) is 7.03. The molecule has 0 bridgehead atoms. The molecule has 0 saturated heterocycles. The van der Waals surface area contributed by atoms with Crippen LogP contribution in [0.4, 0.5) is 0 Å². The molecule has 0 fully saturated rings. The lowest BCUT2D eigenvalue weighted by Gasteiger charge is -2.05. The summed E-state index contributed by atoms with van der Waals surface area (Å²) in [4.78, 5) is 10.5. The Morgan fingerprint density at radius 3 is 2.22 bits per heavy atom. The van der Waals surface area contributed by atoms with Gasteiger partial charge in [0.25, 0.3) is 0 Å². The molecular weight excluding hydrogens is 118 g/mol. The summed E-state index contributed by atoms with van der Waals surface area (Å²) in [6.07, 6.45) is 0. The van der Waals surface area contributed by atoms with Crippen molar-refractivity contribution in [2.45, 2.75) is 13.8 Å². The van der Waals surface area contributed by atoms with Crippen molar-refractivity contribution in [3.05, 3.63) is 0 Å². The van der Waals surface area contributed by atoms with E-state index in [0.29, 0.717) is 0 Å². The fourth-order valence-electron chi connectivity index (χ4n) is 0.361. The van der Waals surface area contributed by atoms with Gasteiger partial charge < -0.3 is 4.74 Å². The van der Waals surface area contributed by atoms with Gasteiger partial charge in [-0.05, 0) is 13.8 Å². The molecule has 0 aromatic rings. The highest BCUT2D eigenvalue weighted by atomic mass is 16.5. The summed E-state index contributed by atoms with van der Waals surface area (Å²) in [5.74, 6) is -0.403. The molecule has 0 amide bonds. The van der Waals surface area contributed by atoms with E-state index in [0.717, 1.165) is 0 Å². The van der Waals surface area contributed by atoms with E-state index in [1.807, 2.05) is 0 Å². The Morgan fingerprint density at radius 1 is 1.67 bits per heavy atom. The van der Waals surface area contributed by atoms with Crippen molar-refractivity contribution in [2.75, 3.05) is 7.11 Å². The number of nitrogens with one attached hydrogen (secondary N) is 1. The van der Waals surface area contributed by atoms with Crippen LogP contribution in [0.1, 0.15) is 13.8 Å². The third kappa shape index (κ3) is 2.26. The molecule has 0 aliphatic heterocycles. The molecule has 0 heterocycles. The summed E-state index contributed by atoms with van der Waals surface area (Å²) in [6.45, 7) is 3.09. The van der Waals surface area contributed by atoms with Crippen LogP contribution in [0.15, 0.2) is 0 Å². The third-order valence-electron chi connectivity index (χ3n) is 1.22. The van der Waals surface area contributed by atoms with Crippen molar-refractivity contribution >= 4 is 11.7 Å². The zero-order chi connectivity index (χ0) is 7.44. The first kappa shape index (κ1) is 8.14. The van der Waals surface area contributed by atoms with E-state index in [-0.39, 0.29) is 11.7 Å². The lowest BCUT2D eigenvalue weighted by atomic mass is 10.1. The van der Waals surface area contributed by atoms with Crippen molar-refractivity contribution < 1.29 is 9.53 Å². The monoisotopic (exact) mass is 129 g/mol. The summed E-state index contributed by atoms with van der Waals surface area (Å²) in [7, 11) is 1.39. The van der Waals surface area contributed by atoms with Gasteiger partial charge >= 0.3 is 0 Å². The number of rotatable bonds is 2. The van der Waals surface area contributed by atoms with Gasteiger partial charge in [0.05, 0.1) is 13.0 Å². The second-order valence-electron chi connectivity index (χ2n) is 1.90. The maximum Gasteiger partial charge on any atom is 0.190 e. The van der Waals surface area contributed by atoms with Gasteiger partial charge in [0, 0.05) is 0 Å². The van der Waals surface area contributed by atoms with Gasteiger partial charge in [0.15, 0.2) is 5.90 Å². The van der Waals surface area contributed by atoms with E-state index >= 15 is 0 Å². The number of methoxy groups -OCH3 is 1.